The molecule has 1 aromatic rings. The number of rotatable bonds is 3. The summed E-state index contributed by atoms with van der Waals surface area (Å²) in [7, 11) is 0. The monoisotopic (exact) mass is 152 g/mol. The summed E-state index contributed by atoms with van der Waals surface area (Å²) in [5, 5.41) is 0. The van der Waals surface area contributed by atoms with Crippen LogP contribution in [-0.2, 0) is 6.42 Å². The van der Waals surface area contributed by atoms with Crippen LogP contribution in [0.15, 0.2) is 24.8 Å². The van der Waals surface area contributed by atoms with Gasteiger partial charge in [0.1, 0.15) is 0 Å². The summed E-state index contributed by atoms with van der Waals surface area (Å²) in [5.74, 6) is 0. The maximum atomic E-state index is 3.69. The average molecular weight is 152 g/mol. The zero-order chi connectivity index (χ0) is 7.40. The van der Waals surface area contributed by atoms with Crippen molar-refractivity contribution < 1.29 is 0 Å². The minimum atomic E-state index is 1.10. The Morgan fingerprint density at radius 1 is 1.60 bits per heavy atom. The molecule has 1 rings (SSSR count). The summed E-state index contributed by atoms with van der Waals surface area (Å²) < 4.78 is 0. The van der Waals surface area contributed by atoms with Gasteiger partial charge >= 0.3 is 0 Å². The molecular formula is C9H12S. The van der Waals surface area contributed by atoms with Gasteiger partial charge in [0.2, 0.25) is 0 Å². The van der Waals surface area contributed by atoms with Crippen molar-refractivity contribution in [2.45, 2.75) is 19.8 Å². The van der Waals surface area contributed by atoms with E-state index >= 15 is 0 Å². The summed E-state index contributed by atoms with van der Waals surface area (Å²) in [6, 6.07) is 4.37. The van der Waals surface area contributed by atoms with E-state index in [2.05, 4.69) is 25.6 Å². The smallest absolute Gasteiger partial charge is 0.00511 e. The van der Waals surface area contributed by atoms with E-state index in [4.69, 9.17) is 0 Å². The van der Waals surface area contributed by atoms with Crippen LogP contribution in [0.1, 0.15) is 16.2 Å². The number of hydrogen-bond acceptors (Lipinski definition) is 1. The first-order valence-corrected chi connectivity index (χ1v) is 4.31. The van der Waals surface area contributed by atoms with Crippen LogP contribution in [0.2, 0.25) is 0 Å². The van der Waals surface area contributed by atoms with Crippen LogP contribution < -0.4 is 0 Å². The fourth-order valence-electron chi connectivity index (χ4n) is 0.864. The minimum absolute atomic E-state index is 1.10. The Morgan fingerprint density at radius 2 is 2.40 bits per heavy atom. The molecule has 0 fully saturated rings. The van der Waals surface area contributed by atoms with Crippen molar-refractivity contribution in [2.75, 3.05) is 0 Å². The fraction of sp³-hybridized carbons (Fsp3) is 0.333. The highest BCUT2D eigenvalue weighted by atomic mass is 32.1. The Hall–Kier alpha value is -0.560. The molecule has 0 N–H and O–H groups in total. The Morgan fingerprint density at radius 3 is 2.90 bits per heavy atom. The zero-order valence-electron chi connectivity index (χ0n) is 6.26. The lowest BCUT2D eigenvalue weighted by Gasteiger charge is -1.88. The highest BCUT2D eigenvalue weighted by molar-refractivity contribution is 7.11. The summed E-state index contributed by atoms with van der Waals surface area (Å²) in [6.07, 6.45) is 4.22. The number of thiophene rings is 1. The van der Waals surface area contributed by atoms with Gasteiger partial charge < -0.3 is 0 Å². The molecule has 0 aromatic carbocycles. The van der Waals surface area contributed by atoms with Crippen molar-refractivity contribution in [3.05, 3.63) is 34.5 Å². The standard InChI is InChI=1S/C9H12S/c1-3-4-5-9-7-6-8(2)10-9/h3,6-7H,1,4-5H2,2H3. The number of aryl methyl sites for hydroxylation is 2. The third-order valence-corrected chi connectivity index (χ3v) is 2.45. The van der Waals surface area contributed by atoms with Gasteiger partial charge in [-0.1, -0.05) is 6.08 Å². The van der Waals surface area contributed by atoms with Crippen LogP contribution in [0.25, 0.3) is 0 Å². The van der Waals surface area contributed by atoms with E-state index < -0.39 is 0 Å². The molecule has 54 valence electrons. The molecule has 0 saturated heterocycles. The molecule has 0 radical (unpaired) electrons. The third kappa shape index (κ3) is 1.99. The maximum absolute atomic E-state index is 3.69. The summed E-state index contributed by atoms with van der Waals surface area (Å²) in [5.41, 5.74) is 0. The largest absolute Gasteiger partial charge is 0.146 e. The lowest BCUT2D eigenvalue weighted by atomic mass is 10.3. The molecule has 0 bridgehead atoms. The molecule has 0 atom stereocenters. The van der Waals surface area contributed by atoms with Crippen LogP contribution >= 0.6 is 11.3 Å². The van der Waals surface area contributed by atoms with Gasteiger partial charge in [-0.05, 0) is 31.9 Å². The van der Waals surface area contributed by atoms with Crippen molar-refractivity contribution in [1.82, 2.24) is 0 Å². The molecular weight excluding hydrogens is 140 g/mol. The molecule has 0 aliphatic heterocycles. The van der Waals surface area contributed by atoms with Crippen LogP contribution in [-0.4, -0.2) is 0 Å². The van der Waals surface area contributed by atoms with Crippen molar-refractivity contribution in [1.29, 1.82) is 0 Å². The van der Waals surface area contributed by atoms with Crippen LogP contribution in [0, 0.1) is 6.92 Å². The zero-order valence-corrected chi connectivity index (χ0v) is 7.08. The summed E-state index contributed by atoms with van der Waals surface area (Å²) in [6.45, 7) is 5.83. The molecule has 0 amide bonds. The highest BCUT2D eigenvalue weighted by Crippen LogP contribution is 2.16. The third-order valence-electron chi connectivity index (χ3n) is 1.39. The van der Waals surface area contributed by atoms with Gasteiger partial charge in [-0.3, -0.25) is 0 Å². The molecule has 1 heterocycles. The van der Waals surface area contributed by atoms with E-state index in [1.807, 2.05) is 17.4 Å². The van der Waals surface area contributed by atoms with Gasteiger partial charge in [-0.2, -0.15) is 0 Å². The first kappa shape index (κ1) is 7.55. The molecule has 0 saturated carbocycles. The van der Waals surface area contributed by atoms with Gasteiger partial charge in [0.05, 0.1) is 0 Å². The molecule has 1 heteroatoms. The van der Waals surface area contributed by atoms with Crippen molar-refractivity contribution in [3.63, 3.8) is 0 Å². The SMILES string of the molecule is C=CCCc1ccc(C)s1. The van der Waals surface area contributed by atoms with E-state index in [-0.39, 0.29) is 0 Å². The second-order valence-electron chi connectivity index (χ2n) is 2.34. The van der Waals surface area contributed by atoms with Gasteiger partial charge in [0, 0.05) is 9.75 Å². The predicted octanol–water partition coefficient (Wildman–Crippen LogP) is 3.18. The molecule has 0 aliphatic carbocycles. The summed E-state index contributed by atoms with van der Waals surface area (Å²) in [4.78, 5) is 2.87. The highest BCUT2D eigenvalue weighted by Gasteiger charge is 1.93. The lowest BCUT2D eigenvalue weighted by Crippen LogP contribution is -1.73. The van der Waals surface area contributed by atoms with Gasteiger partial charge in [-0.15, -0.1) is 17.9 Å². The number of hydrogen-bond donors (Lipinski definition) is 0. The first-order chi connectivity index (χ1) is 4.83. The van der Waals surface area contributed by atoms with Crippen LogP contribution in [0.3, 0.4) is 0 Å². The van der Waals surface area contributed by atoms with Gasteiger partial charge in [0.15, 0.2) is 0 Å². The van der Waals surface area contributed by atoms with Crippen molar-refractivity contribution in [3.8, 4) is 0 Å². The Labute approximate surface area is 66.2 Å². The maximum Gasteiger partial charge on any atom is 0.00511 e. The normalized spacial score (nSPS) is 9.70. The quantitative estimate of drug-likeness (QED) is 0.583. The van der Waals surface area contributed by atoms with Gasteiger partial charge in [0.25, 0.3) is 0 Å². The number of allylic oxidation sites excluding steroid dienone is 1. The Balaban J connectivity index is 2.49. The average Bonchev–Trinajstić information content (AvgIpc) is 2.31. The Bertz CT molecular complexity index is 210. The molecule has 10 heavy (non-hydrogen) atoms. The minimum Gasteiger partial charge on any atom is -0.146 e. The molecule has 0 aliphatic rings. The summed E-state index contributed by atoms with van der Waals surface area (Å²) >= 11 is 1.88. The van der Waals surface area contributed by atoms with Crippen molar-refractivity contribution >= 4 is 11.3 Å². The van der Waals surface area contributed by atoms with E-state index in [1.165, 1.54) is 9.75 Å². The molecule has 1 aromatic heterocycles. The van der Waals surface area contributed by atoms with Gasteiger partial charge in [-0.25, -0.2) is 0 Å². The van der Waals surface area contributed by atoms with E-state index in [0.29, 0.717) is 0 Å². The topological polar surface area (TPSA) is 0 Å². The second-order valence-corrected chi connectivity index (χ2v) is 3.71. The molecule has 0 unspecified atom stereocenters. The second kappa shape index (κ2) is 3.57. The first-order valence-electron chi connectivity index (χ1n) is 3.49. The van der Waals surface area contributed by atoms with E-state index in [9.17, 15) is 0 Å². The Kier molecular flexibility index (Phi) is 2.69. The van der Waals surface area contributed by atoms with E-state index in [1.54, 1.807) is 0 Å². The lowest BCUT2D eigenvalue weighted by molar-refractivity contribution is 1.03. The van der Waals surface area contributed by atoms with Crippen LogP contribution in [0.5, 0.6) is 0 Å². The van der Waals surface area contributed by atoms with Crippen LogP contribution in [0.4, 0.5) is 0 Å². The molecule has 0 nitrogen and oxygen atoms in total. The predicted molar refractivity (Wildman–Crippen MR) is 47.6 cm³/mol. The fourth-order valence-corrected chi connectivity index (χ4v) is 1.77. The van der Waals surface area contributed by atoms with Crippen molar-refractivity contribution in [2.24, 2.45) is 0 Å². The van der Waals surface area contributed by atoms with E-state index in [0.717, 1.165) is 12.8 Å². The molecule has 0 spiro atoms.